The van der Waals surface area contributed by atoms with Crippen LogP contribution in [0.5, 0.6) is 11.5 Å². The van der Waals surface area contributed by atoms with Crippen molar-refractivity contribution in [3.05, 3.63) is 59.2 Å². The van der Waals surface area contributed by atoms with Crippen LogP contribution in [-0.2, 0) is 12.6 Å². The van der Waals surface area contributed by atoms with Gasteiger partial charge in [0.1, 0.15) is 18.3 Å². The molecule has 0 radical (unpaired) electrons. The first-order chi connectivity index (χ1) is 15.1. The molecular weight excluding hydrogens is 419 g/mol. The largest absolute Gasteiger partial charge is 0.487 e. The Morgan fingerprint density at radius 3 is 2.59 bits per heavy atom. The minimum absolute atomic E-state index is 0.106. The predicted molar refractivity (Wildman–Crippen MR) is 116 cm³/mol. The van der Waals surface area contributed by atoms with Crippen LogP contribution in [0.2, 0.25) is 0 Å². The summed E-state index contributed by atoms with van der Waals surface area (Å²) in [6.45, 7) is 6.17. The Hall–Kier alpha value is -2.25. The zero-order chi connectivity index (χ0) is 22.9. The molecule has 2 aliphatic rings. The molecular formula is C25H30F3NO3. The highest BCUT2D eigenvalue weighted by Crippen LogP contribution is 2.41. The second-order valence-corrected chi connectivity index (χ2v) is 9.45. The monoisotopic (exact) mass is 449 g/mol. The van der Waals surface area contributed by atoms with Crippen LogP contribution in [0.4, 0.5) is 13.2 Å². The third kappa shape index (κ3) is 5.38. The molecule has 4 nitrogen and oxygen atoms in total. The summed E-state index contributed by atoms with van der Waals surface area (Å²) >= 11 is 0. The highest BCUT2D eigenvalue weighted by Gasteiger charge is 2.33. The van der Waals surface area contributed by atoms with Gasteiger partial charge >= 0.3 is 6.18 Å². The molecule has 1 unspecified atom stereocenters. The van der Waals surface area contributed by atoms with Gasteiger partial charge in [-0.15, -0.1) is 0 Å². The Morgan fingerprint density at radius 2 is 1.88 bits per heavy atom. The third-order valence-electron chi connectivity index (χ3n) is 6.23. The molecule has 7 heteroatoms. The Balaban J connectivity index is 1.26. The number of nitrogens with zero attached hydrogens (tertiary/aromatic N) is 1. The molecule has 2 aromatic carbocycles. The zero-order valence-electron chi connectivity index (χ0n) is 18.5. The van der Waals surface area contributed by atoms with E-state index in [0.717, 1.165) is 55.3 Å². The molecule has 4 rings (SSSR count). The van der Waals surface area contributed by atoms with Gasteiger partial charge in [-0.3, -0.25) is 0 Å². The lowest BCUT2D eigenvalue weighted by molar-refractivity contribution is -0.137. The van der Waals surface area contributed by atoms with Crippen LogP contribution < -0.4 is 9.47 Å². The van der Waals surface area contributed by atoms with E-state index in [1.54, 1.807) is 6.07 Å². The summed E-state index contributed by atoms with van der Waals surface area (Å²) in [5, 5.41) is 10.5. The normalized spacial score (nSPS) is 19.9. The molecule has 0 saturated carbocycles. The van der Waals surface area contributed by atoms with Crippen molar-refractivity contribution >= 4 is 0 Å². The Morgan fingerprint density at radius 1 is 1.16 bits per heavy atom. The number of halogens is 3. The zero-order valence-corrected chi connectivity index (χ0v) is 18.5. The summed E-state index contributed by atoms with van der Waals surface area (Å²) < 4.78 is 50.8. The number of hydrogen-bond donors (Lipinski definition) is 1. The van der Waals surface area contributed by atoms with Crippen molar-refractivity contribution in [3.8, 4) is 11.5 Å². The molecule has 32 heavy (non-hydrogen) atoms. The van der Waals surface area contributed by atoms with E-state index < -0.39 is 17.8 Å². The van der Waals surface area contributed by atoms with Gasteiger partial charge in [0.25, 0.3) is 0 Å². The second-order valence-electron chi connectivity index (χ2n) is 9.45. The Labute approximate surface area is 186 Å². The molecule has 0 amide bonds. The molecule has 2 aromatic rings. The first kappa shape index (κ1) is 22.9. The van der Waals surface area contributed by atoms with Crippen LogP contribution in [-0.4, -0.2) is 48.0 Å². The van der Waals surface area contributed by atoms with E-state index in [1.165, 1.54) is 12.1 Å². The van der Waals surface area contributed by atoms with Gasteiger partial charge in [0.05, 0.1) is 5.56 Å². The maximum atomic E-state index is 13.0. The van der Waals surface area contributed by atoms with Gasteiger partial charge < -0.3 is 19.5 Å². The average Bonchev–Trinajstić information content (AvgIpc) is 3.06. The van der Waals surface area contributed by atoms with Crippen molar-refractivity contribution in [1.82, 2.24) is 4.90 Å². The van der Waals surface area contributed by atoms with Crippen molar-refractivity contribution in [1.29, 1.82) is 0 Å². The number of piperidine rings is 1. The van der Waals surface area contributed by atoms with Crippen LogP contribution in [0.1, 0.15) is 49.3 Å². The number of aliphatic hydroxyl groups is 1. The Kier molecular flexibility index (Phi) is 6.41. The topological polar surface area (TPSA) is 41.9 Å². The molecule has 1 N–H and O–H groups in total. The minimum Gasteiger partial charge on any atom is -0.487 e. The van der Waals surface area contributed by atoms with Gasteiger partial charge in [-0.25, -0.2) is 0 Å². The van der Waals surface area contributed by atoms with E-state index in [-0.39, 0.29) is 18.1 Å². The number of fused-ring (bicyclic) bond motifs is 1. The summed E-state index contributed by atoms with van der Waals surface area (Å²) in [6, 6.07) is 11.5. The smallest absolute Gasteiger partial charge is 0.416 e. The standard InChI is InChI=1S/C25H30F3NO3/c1-24(2)14-19-6-4-8-22(23(19)32-24)31-16-21(30)15-29-11-9-17(10-12-29)18-5-3-7-20(13-18)25(26,27)28/h3-8,13,17,21,30H,9-12,14-16H2,1-2H3. The first-order valence-corrected chi connectivity index (χ1v) is 11.1. The van der Waals surface area contributed by atoms with Crippen LogP contribution in [0.15, 0.2) is 42.5 Å². The fourth-order valence-corrected chi connectivity index (χ4v) is 4.66. The number of ether oxygens (including phenoxy) is 2. The summed E-state index contributed by atoms with van der Waals surface area (Å²) in [5.41, 5.74) is 0.998. The van der Waals surface area contributed by atoms with Crippen LogP contribution in [0.25, 0.3) is 0 Å². The van der Waals surface area contributed by atoms with Crippen molar-refractivity contribution in [2.45, 2.75) is 56.9 Å². The molecule has 0 bridgehead atoms. The molecule has 0 aliphatic carbocycles. The quantitative estimate of drug-likeness (QED) is 0.671. The fourth-order valence-electron chi connectivity index (χ4n) is 4.66. The van der Waals surface area contributed by atoms with Gasteiger partial charge in [-0.2, -0.15) is 13.2 Å². The number of aliphatic hydroxyl groups excluding tert-OH is 1. The lowest BCUT2D eigenvalue weighted by Gasteiger charge is -2.33. The van der Waals surface area contributed by atoms with Crippen molar-refractivity contribution in [2.24, 2.45) is 0 Å². The highest BCUT2D eigenvalue weighted by molar-refractivity contribution is 5.50. The number of alkyl halides is 3. The summed E-state index contributed by atoms with van der Waals surface area (Å²) in [5.74, 6) is 1.51. The summed E-state index contributed by atoms with van der Waals surface area (Å²) in [6.07, 6.45) is -2.62. The molecule has 1 saturated heterocycles. The molecule has 0 spiro atoms. The lowest BCUT2D eigenvalue weighted by Crippen LogP contribution is -2.40. The van der Waals surface area contributed by atoms with Gasteiger partial charge in [0.2, 0.25) is 0 Å². The minimum atomic E-state index is -4.32. The van der Waals surface area contributed by atoms with E-state index in [1.807, 2.05) is 32.0 Å². The number of para-hydroxylation sites is 1. The number of likely N-dealkylation sites (tertiary alicyclic amines) is 1. The third-order valence-corrected chi connectivity index (χ3v) is 6.23. The van der Waals surface area contributed by atoms with Gasteiger partial charge in [-0.05, 0) is 63.4 Å². The molecule has 2 heterocycles. The van der Waals surface area contributed by atoms with Crippen molar-refractivity contribution in [3.63, 3.8) is 0 Å². The molecule has 0 aromatic heterocycles. The summed E-state index contributed by atoms with van der Waals surface area (Å²) in [7, 11) is 0. The van der Waals surface area contributed by atoms with Crippen molar-refractivity contribution < 1.29 is 27.8 Å². The van der Waals surface area contributed by atoms with E-state index >= 15 is 0 Å². The predicted octanol–water partition coefficient (Wildman–Crippen LogP) is 5.04. The molecule has 1 atom stereocenters. The average molecular weight is 450 g/mol. The fraction of sp³-hybridized carbons (Fsp3) is 0.520. The SMILES string of the molecule is CC1(C)Cc2cccc(OCC(O)CN3CCC(c4cccc(C(F)(F)F)c4)CC3)c2O1. The van der Waals surface area contributed by atoms with Crippen molar-refractivity contribution in [2.75, 3.05) is 26.2 Å². The first-order valence-electron chi connectivity index (χ1n) is 11.1. The van der Waals surface area contributed by atoms with E-state index in [4.69, 9.17) is 9.47 Å². The highest BCUT2D eigenvalue weighted by atomic mass is 19.4. The van der Waals surface area contributed by atoms with E-state index in [0.29, 0.717) is 12.3 Å². The molecule has 174 valence electrons. The van der Waals surface area contributed by atoms with Gasteiger partial charge in [0.15, 0.2) is 11.5 Å². The number of benzene rings is 2. The number of rotatable bonds is 6. The maximum Gasteiger partial charge on any atom is 0.416 e. The molecule has 1 fully saturated rings. The van der Waals surface area contributed by atoms with Gasteiger partial charge in [0, 0.05) is 18.5 Å². The number of β-amino-alcohol motifs (C(OH)–C–C–N with tert-alkyl or cyclic N) is 1. The van der Waals surface area contributed by atoms with Crippen LogP contribution in [0.3, 0.4) is 0 Å². The van der Waals surface area contributed by atoms with E-state index in [9.17, 15) is 18.3 Å². The van der Waals surface area contributed by atoms with Gasteiger partial charge in [-0.1, -0.05) is 30.3 Å². The van der Waals surface area contributed by atoms with Crippen LogP contribution in [0, 0.1) is 0 Å². The summed E-state index contributed by atoms with van der Waals surface area (Å²) in [4.78, 5) is 2.15. The number of hydrogen-bond acceptors (Lipinski definition) is 4. The maximum absolute atomic E-state index is 13.0. The van der Waals surface area contributed by atoms with E-state index in [2.05, 4.69) is 4.90 Å². The second kappa shape index (κ2) is 8.94. The molecule has 2 aliphatic heterocycles. The van der Waals surface area contributed by atoms with Crippen LogP contribution >= 0.6 is 0 Å². The lowest BCUT2D eigenvalue weighted by atomic mass is 9.88. The Bertz CT molecular complexity index is 936.